The molecule has 0 spiro atoms. The molecule has 0 atom stereocenters. The molecular formula is C12H15N3. The molecule has 3 nitrogen and oxygen atoms in total. The average molecular weight is 201 g/mol. The zero-order chi connectivity index (χ0) is 10.8. The van der Waals surface area contributed by atoms with Gasteiger partial charge >= 0.3 is 0 Å². The Labute approximate surface area is 89.5 Å². The van der Waals surface area contributed by atoms with Crippen molar-refractivity contribution in [3.05, 3.63) is 41.7 Å². The largest absolute Gasteiger partial charge is 0.326 e. The molecule has 1 heterocycles. The molecule has 1 aromatic carbocycles. The number of hydrogen-bond donors (Lipinski definition) is 1. The predicted octanol–water partition coefficient (Wildman–Crippen LogP) is 1.85. The van der Waals surface area contributed by atoms with Crippen molar-refractivity contribution in [2.45, 2.75) is 13.5 Å². The Morgan fingerprint density at radius 1 is 1.27 bits per heavy atom. The molecule has 0 fully saturated rings. The molecular weight excluding hydrogens is 186 g/mol. The highest BCUT2D eigenvalue weighted by molar-refractivity contribution is 5.68. The third kappa shape index (κ3) is 1.78. The lowest BCUT2D eigenvalue weighted by Crippen LogP contribution is -1.98. The Balaban J connectivity index is 2.58. The fraction of sp³-hybridized carbons (Fsp3) is 0.250. The molecule has 0 saturated carbocycles. The van der Waals surface area contributed by atoms with Crippen LogP contribution in [-0.2, 0) is 13.6 Å². The second-order valence-electron chi connectivity index (χ2n) is 3.66. The Morgan fingerprint density at radius 2 is 2.00 bits per heavy atom. The molecule has 0 aliphatic heterocycles. The molecule has 15 heavy (non-hydrogen) atoms. The quantitative estimate of drug-likeness (QED) is 0.806. The van der Waals surface area contributed by atoms with Gasteiger partial charge in [0.15, 0.2) is 0 Å². The molecule has 3 heteroatoms. The maximum Gasteiger partial charge on any atom is 0.0672 e. The van der Waals surface area contributed by atoms with Crippen LogP contribution in [0.5, 0.6) is 0 Å². The maximum absolute atomic E-state index is 5.72. The van der Waals surface area contributed by atoms with Crippen LogP contribution in [0.2, 0.25) is 0 Å². The Kier molecular flexibility index (Phi) is 2.56. The van der Waals surface area contributed by atoms with E-state index >= 15 is 0 Å². The third-order valence-corrected chi connectivity index (χ3v) is 2.54. The fourth-order valence-electron chi connectivity index (χ4n) is 1.83. The van der Waals surface area contributed by atoms with Crippen LogP contribution in [0.1, 0.15) is 11.3 Å². The number of nitrogens with zero attached hydrogens (tertiary/aromatic N) is 2. The third-order valence-electron chi connectivity index (χ3n) is 2.54. The number of nitrogens with two attached hydrogens (primary N) is 1. The van der Waals surface area contributed by atoms with E-state index in [0.29, 0.717) is 6.54 Å². The van der Waals surface area contributed by atoms with Gasteiger partial charge in [-0.1, -0.05) is 24.3 Å². The van der Waals surface area contributed by atoms with Gasteiger partial charge in [0.25, 0.3) is 0 Å². The highest BCUT2D eigenvalue weighted by atomic mass is 15.2. The molecule has 0 amide bonds. The van der Waals surface area contributed by atoms with Crippen LogP contribution >= 0.6 is 0 Å². The van der Waals surface area contributed by atoms with Gasteiger partial charge in [0.2, 0.25) is 0 Å². The van der Waals surface area contributed by atoms with Crippen LogP contribution in [0.4, 0.5) is 0 Å². The summed E-state index contributed by atoms with van der Waals surface area (Å²) in [6.07, 6.45) is 2.03. The first-order valence-corrected chi connectivity index (χ1v) is 5.01. The van der Waals surface area contributed by atoms with E-state index in [0.717, 1.165) is 11.3 Å². The van der Waals surface area contributed by atoms with Crippen molar-refractivity contribution in [3.63, 3.8) is 0 Å². The van der Waals surface area contributed by atoms with Crippen LogP contribution in [-0.4, -0.2) is 9.78 Å². The van der Waals surface area contributed by atoms with Gasteiger partial charge in [-0.05, 0) is 18.1 Å². The summed E-state index contributed by atoms with van der Waals surface area (Å²) in [7, 11) is 1.93. The van der Waals surface area contributed by atoms with Gasteiger partial charge in [0.05, 0.1) is 5.69 Å². The van der Waals surface area contributed by atoms with Gasteiger partial charge < -0.3 is 5.73 Å². The van der Waals surface area contributed by atoms with Crippen LogP contribution in [0.3, 0.4) is 0 Å². The first-order valence-electron chi connectivity index (χ1n) is 5.01. The number of hydrogen-bond acceptors (Lipinski definition) is 2. The minimum atomic E-state index is 0.560. The monoisotopic (exact) mass is 201 g/mol. The van der Waals surface area contributed by atoms with E-state index in [1.165, 1.54) is 11.1 Å². The summed E-state index contributed by atoms with van der Waals surface area (Å²) in [6.45, 7) is 2.58. The van der Waals surface area contributed by atoms with Crippen LogP contribution in [0.15, 0.2) is 30.5 Å². The van der Waals surface area contributed by atoms with Gasteiger partial charge in [-0.25, -0.2) is 0 Å². The summed E-state index contributed by atoms with van der Waals surface area (Å²) in [4.78, 5) is 0. The van der Waals surface area contributed by atoms with E-state index in [4.69, 9.17) is 5.73 Å². The van der Waals surface area contributed by atoms with Crippen LogP contribution in [0, 0.1) is 6.92 Å². The van der Waals surface area contributed by atoms with Crippen molar-refractivity contribution in [1.29, 1.82) is 0 Å². The van der Waals surface area contributed by atoms with Crippen molar-refractivity contribution in [2.75, 3.05) is 0 Å². The molecule has 0 aliphatic rings. The lowest BCUT2D eigenvalue weighted by molar-refractivity contribution is 0.756. The first-order chi connectivity index (χ1) is 7.22. The second kappa shape index (κ2) is 3.87. The van der Waals surface area contributed by atoms with Crippen LogP contribution < -0.4 is 5.73 Å². The summed E-state index contributed by atoms with van der Waals surface area (Å²) in [5.41, 5.74) is 10.3. The summed E-state index contributed by atoms with van der Waals surface area (Å²) in [5.74, 6) is 0. The molecule has 2 rings (SSSR count). The van der Waals surface area contributed by atoms with Crippen LogP contribution in [0.25, 0.3) is 11.1 Å². The summed E-state index contributed by atoms with van der Waals surface area (Å²) in [5, 5.41) is 4.34. The topological polar surface area (TPSA) is 43.8 Å². The zero-order valence-corrected chi connectivity index (χ0v) is 9.07. The van der Waals surface area contributed by atoms with E-state index in [-0.39, 0.29) is 0 Å². The van der Waals surface area contributed by atoms with E-state index in [9.17, 15) is 0 Å². The summed E-state index contributed by atoms with van der Waals surface area (Å²) < 4.78 is 1.83. The number of aryl methyl sites for hydroxylation is 2. The van der Waals surface area contributed by atoms with Gasteiger partial charge in [-0.2, -0.15) is 5.10 Å². The van der Waals surface area contributed by atoms with Crippen molar-refractivity contribution in [2.24, 2.45) is 12.8 Å². The van der Waals surface area contributed by atoms with E-state index < -0.39 is 0 Å². The lowest BCUT2D eigenvalue weighted by atomic mass is 10.0. The van der Waals surface area contributed by atoms with Crippen molar-refractivity contribution in [3.8, 4) is 11.1 Å². The molecule has 78 valence electrons. The summed E-state index contributed by atoms with van der Waals surface area (Å²) >= 11 is 0. The minimum Gasteiger partial charge on any atom is -0.326 e. The molecule has 2 N–H and O–H groups in total. The molecule has 0 aliphatic carbocycles. The van der Waals surface area contributed by atoms with Gasteiger partial charge in [0.1, 0.15) is 0 Å². The second-order valence-corrected chi connectivity index (χ2v) is 3.66. The SMILES string of the molecule is Cc1nn(C)cc1-c1ccccc1CN. The average Bonchev–Trinajstić information content (AvgIpc) is 2.57. The van der Waals surface area contributed by atoms with E-state index in [1.807, 2.05) is 37.0 Å². The smallest absolute Gasteiger partial charge is 0.0672 e. The maximum atomic E-state index is 5.72. The van der Waals surface area contributed by atoms with Gasteiger partial charge in [-0.3, -0.25) is 4.68 Å². The molecule has 0 radical (unpaired) electrons. The minimum absolute atomic E-state index is 0.560. The highest BCUT2D eigenvalue weighted by Crippen LogP contribution is 2.25. The Morgan fingerprint density at radius 3 is 2.60 bits per heavy atom. The van der Waals surface area contributed by atoms with E-state index in [1.54, 1.807) is 0 Å². The molecule has 1 aromatic heterocycles. The first kappa shape index (κ1) is 9.93. The molecule has 2 aromatic rings. The standard InChI is InChI=1S/C12H15N3/c1-9-12(8-15(2)14-9)11-6-4-3-5-10(11)7-13/h3-6,8H,7,13H2,1-2H3. The number of aromatic nitrogens is 2. The van der Waals surface area contributed by atoms with Gasteiger partial charge in [-0.15, -0.1) is 0 Å². The van der Waals surface area contributed by atoms with Gasteiger partial charge in [0, 0.05) is 25.4 Å². The molecule has 0 saturated heterocycles. The Hall–Kier alpha value is -1.61. The predicted molar refractivity (Wildman–Crippen MR) is 61.3 cm³/mol. The van der Waals surface area contributed by atoms with E-state index in [2.05, 4.69) is 17.2 Å². The van der Waals surface area contributed by atoms with Crippen molar-refractivity contribution < 1.29 is 0 Å². The normalized spacial score (nSPS) is 10.6. The molecule has 0 bridgehead atoms. The number of benzene rings is 1. The number of rotatable bonds is 2. The van der Waals surface area contributed by atoms with Crippen molar-refractivity contribution >= 4 is 0 Å². The highest BCUT2D eigenvalue weighted by Gasteiger charge is 2.08. The fourth-order valence-corrected chi connectivity index (χ4v) is 1.83. The summed E-state index contributed by atoms with van der Waals surface area (Å²) in [6, 6.07) is 8.19. The van der Waals surface area contributed by atoms with Crippen molar-refractivity contribution in [1.82, 2.24) is 9.78 Å². The zero-order valence-electron chi connectivity index (χ0n) is 9.07. The Bertz CT molecular complexity index is 471. The lowest BCUT2D eigenvalue weighted by Gasteiger charge is -2.05. The molecule has 0 unspecified atom stereocenters.